The van der Waals surface area contributed by atoms with Crippen LogP contribution in [0.5, 0.6) is 5.75 Å². The minimum atomic E-state index is -0.926. The van der Waals surface area contributed by atoms with E-state index in [1.165, 1.54) is 4.68 Å². The Morgan fingerprint density at radius 3 is 2.50 bits per heavy atom. The maximum atomic E-state index is 12.9. The van der Waals surface area contributed by atoms with Gasteiger partial charge in [-0.25, -0.2) is 4.68 Å². The molecule has 30 heavy (non-hydrogen) atoms. The van der Waals surface area contributed by atoms with Gasteiger partial charge in [0.1, 0.15) is 29.9 Å². The summed E-state index contributed by atoms with van der Waals surface area (Å²) in [6.07, 6.45) is -0.926. The van der Waals surface area contributed by atoms with Gasteiger partial charge >= 0.3 is 0 Å². The lowest BCUT2D eigenvalue weighted by Gasteiger charge is -2.15. The fourth-order valence-electron chi connectivity index (χ4n) is 3.52. The van der Waals surface area contributed by atoms with Crippen LogP contribution in [-0.4, -0.2) is 32.8 Å². The lowest BCUT2D eigenvalue weighted by atomic mass is 10.1. The summed E-state index contributed by atoms with van der Waals surface area (Å²) >= 11 is 0. The van der Waals surface area contributed by atoms with Crippen molar-refractivity contribution in [2.75, 3.05) is 6.61 Å². The first-order valence-electron chi connectivity index (χ1n) is 9.74. The molecule has 0 aliphatic heterocycles. The van der Waals surface area contributed by atoms with Crippen LogP contribution in [0.4, 0.5) is 0 Å². The number of hydrogen-bond acceptors (Lipinski definition) is 6. The van der Waals surface area contributed by atoms with Crippen LogP contribution < -0.4 is 10.3 Å². The Hall–Kier alpha value is -3.45. The third kappa shape index (κ3) is 3.97. The van der Waals surface area contributed by atoms with Crippen molar-refractivity contribution in [3.8, 4) is 17.0 Å². The van der Waals surface area contributed by atoms with Crippen LogP contribution in [0.1, 0.15) is 16.9 Å². The summed E-state index contributed by atoms with van der Waals surface area (Å²) in [6.45, 7) is 5.73. The van der Waals surface area contributed by atoms with Crippen LogP contribution >= 0.6 is 0 Å². The largest absolute Gasteiger partial charge is 0.491 e. The summed E-state index contributed by atoms with van der Waals surface area (Å²) in [7, 11) is 0. The van der Waals surface area contributed by atoms with E-state index < -0.39 is 11.7 Å². The summed E-state index contributed by atoms with van der Waals surface area (Å²) in [5, 5.41) is 19.5. The van der Waals surface area contributed by atoms with Crippen molar-refractivity contribution < 1.29 is 14.4 Å². The van der Waals surface area contributed by atoms with E-state index in [-0.39, 0.29) is 18.7 Å². The maximum absolute atomic E-state index is 12.9. The van der Waals surface area contributed by atoms with Gasteiger partial charge in [-0.1, -0.05) is 41.6 Å². The number of aromatic nitrogens is 3. The highest BCUT2D eigenvalue weighted by molar-refractivity contribution is 5.92. The third-order valence-corrected chi connectivity index (χ3v) is 4.83. The minimum Gasteiger partial charge on any atom is -0.491 e. The lowest BCUT2D eigenvalue weighted by Crippen LogP contribution is -2.32. The van der Waals surface area contributed by atoms with E-state index in [9.17, 15) is 9.90 Å². The van der Waals surface area contributed by atoms with Gasteiger partial charge in [-0.2, -0.15) is 5.10 Å². The predicted molar refractivity (Wildman–Crippen MR) is 114 cm³/mol. The van der Waals surface area contributed by atoms with Crippen LogP contribution in [-0.2, 0) is 6.54 Å². The summed E-state index contributed by atoms with van der Waals surface area (Å²) in [5.74, 6) is 1.21. The molecule has 1 unspecified atom stereocenters. The molecule has 7 nitrogen and oxygen atoms in total. The van der Waals surface area contributed by atoms with E-state index in [1.54, 1.807) is 6.92 Å². The Bertz CT molecular complexity index is 1220. The van der Waals surface area contributed by atoms with Crippen molar-refractivity contribution in [1.29, 1.82) is 0 Å². The van der Waals surface area contributed by atoms with Crippen molar-refractivity contribution in [3.05, 3.63) is 75.8 Å². The Kier molecular flexibility index (Phi) is 5.37. The highest BCUT2D eigenvalue weighted by Gasteiger charge is 2.20. The van der Waals surface area contributed by atoms with E-state index in [4.69, 9.17) is 9.26 Å². The van der Waals surface area contributed by atoms with Crippen molar-refractivity contribution in [3.63, 3.8) is 0 Å². The van der Waals surface area contributed by atoms with Crippen LogP contribution in [0.15, 0.2) is 57.8 Å². The molecule has 2 heterocycles. The van der Waals surface area contributed by atoms with E-state index in [1.807, 2.05) is 62.4 Å². The molecule has 4 rings (SSSR count). The average molecular weight is 405 g/mol. The number of rotatable bonds is 6. The van der Waals surface area contributed by atoms with Crippen LogP contribution in [0.3, 0.4) is 0 Å². The van der Waals surface area contributed by atoms with E-state index in [0.29, 0.717) is 22.6 Å². The van der Waals surface area contributed by atoms with Gasteiger partial charge in [-0.05, 0) is 44.0 Å². The van der Waals surface area contributed by atoms with Gasteiger partial charge in [0.05, 0.1) is 11.9 Å². The summed E-state index contributed by atoms with van der Waals surface area (Å²) in [6, 6.07) is 15.4. The Morgan fingerprint density at radius 1 is 1.10 bits per heavy atom. The number of aryl methyl sites for hydroxylation is 3. The fourth-order valence-corrected chi connectivity index (χ4v) is 3.52. The molecule has 4 aromatic rings. The second-order valence-corrected chi connectivity index (χ2v) is 7.45. The monoisotopic (exact) mass is 405 g/mol. The second-order valence-electron chi connectivity index (χ2n) is 7.45. The van der Waals surface area contributed by atoms with Crippen LogP contribution in [0, 0.1) is 20.8 Å². The van der Waals surface area contributed by atoms with Crippen molar-refractivity contribution in [1.82, 2.24) is 14.9 Å². The molecule has 2 aromatic carbocycles. The summed E-state index contributed by atoms with van der Waals surface area (Å²) in [5.41, 5.74) is 3.37. The SMILES string of the molecule is Cc1cc(C)cc(OCC(O)Cn2nc(-c3ccccc3)c3c(C)onc3c2=O)c1. The molecule has 0 spiro atoms. The predicted octanol–water partition coefficient (Wildman–Crippen LogP) is 3.42. The highest BCUT2D eigenvalue weighted by Crippen LogP contribution is 2.27. The quantitative estimate of drug-likeness (QED) is 0.529. The molecule has 0 bridgehead atoms. The normalized spacial score (nSPS) is 12.3. The molecule has 0 aliphatic rings. The standard InChI is InChI=1S/C23H23N3O4/c1-14-9-15(2)11-19(10-14)29-13-18(27)12-26-23(28)22-20(16(3)30-25-22)21(24-26)17-7-5-4-6-8-17/h4-11,18,27H,12-13H2,1-3H3. The maximum Gasteiger partial charge on any atom is 0.296 e. The van der Waals surface area contributed by atoms with Crippen molar-refractivity contribution in [2.45, 2.75) is 33.4 Å². The molecule has 0 amide bonds. The summed E-state index contributed by atoms with van der Waals surface area (Å²) < 4.78 is 12.2. The molecular weight excluding hydrogens is 382 g/mol. The fraction of sp³-hybridized carbons (Fsp3) is 0.261. The number of hydrogen-bond donors (Lipinski definition) is 1. The van der Waals surface area contributed by atoms with Gasteiger partial charge in [0.15, 0.2) is 5.52 Å². The lowest BCUT2D eigenvalue weighted by molar-refractivity contribution is 0.0881. The Balaban J connectivity index is 1.62. The first kappa shape index (κ1) is 19.8. The average Bonchev–Trinajstić information content (AvgIpc) is 3.10. The molecule has 7 heteroatoms. The van der Waals surface area contributed by atoms with Crippen molar-refractivity contribution in [2.24, 2.45) is 0 Å². The van der Waals surface area contributed by atoms with Crippen LogP contribution in [0.25, 0.3) is 22.2 Å². The van der Waals surface area contributed by atoms with E-state index >= 15 is 0 Å². The first-order chi connectivity index (χ1) is 14.4. The molecule has 2 aromatic heterocycles. The number of aliphatic hydroxyl groups excluding tert-OH is 1. The summed E-state index contributed by atoms with van der Waals surface area (Å²) in [4.78, 5) is 12.9. The molecule has 154 valence electrons. The van der Waals surface area contributed by atoms with Crippen LogP contribution in [0.2, 0.25) is 0 Å². The van der Waals surface area contributed by atoms with E-state index in [0.717, 1.165) is 16.7 Å². The van der Waals surface area contributed by atoms with Gasteiger partial charge in [-0.3, -0.25) is 4.79 Å². The number of ether oxygens (including phenoxy) is 1. The van der Waals surface area contributed by atoms with Gasteiger partial charge in [0, 0.05) is 5.56 Å². The Morgan fingerprint density at radius 2 is 1.80 bits per heavy atom. The molecule has 0 radical (unpaired) electrons. The zero-order valence-electron chi connectivity index (χ0n) is 17.1. The number of benzene rings is 2. The number of nitrogens with zero attached hydrogens (tertiary/aromatic N) is 3. The third-order valence-electron chi connectivity index (χ3n) is 4.83. The molecule has 0 aliphatic carbocycles. The zero-order chi connectivity index (χ0) is 21.3. The van der Waals surface area contributed by atoms with Gasteiger partial charge in [0.2, 0.25) is 0 Å². The molecule has 1 N–H and O–H groups in total. The van der Waals surface area contributed by atoms with E-state index in [2.05, 4.69) is 10.3 Å². The van der Waals surface area contributed by atoms with Gasteiger partial charge in [0.25, 0.3) is 5.56 Å². The molecular formula is C23H23N3O4. The second kappa shape index (κ2) is 8.12. The van der Waals surface area contributed by atoms with Gasteiger partial charge in [-0.15, -0.1) is 0 Å². The minimum absolute atomic E-state index is 0.0225. The zero-order valence-corrected chi connectivity index (χ0v) is 17.1. The highest BCUT2D eigenvalue weighted by atomic mass is 16.5. The smallest absolute Gasteiger partial charge is 0.296 e. The van der Waals surface area contributed by atoms with Crippen molar-refractivity contribution >= 4 is 10.9 Å². The topological polar surface area (TPSA) is 90.4 Å². The van der Waals surface area contributed by atoms with Gasteiger partial charge < -0.3 is 14.4 Å². The number of fused-ring (bicyclic) bond motifs is 1. The first-order valence-corrected chi connectivity index (χ1v) is 9.74. The molecule has 0 saturated carbocycles. The molecule has 0 fully saturated rings. The molecule has 1 atom stereocenters. The Labute approximate surface area is 173 Å². The number of aliphatic hydroxyl groups is 1. The molecule has 0 saturated heterocycles.